The van der Waals surface area contributed by atoms with Crippen LogP contribution in [0.2, 0.25) is 0 Å². The SMILES string of the molecule is C=CCN(C(=O)C1N([C@H](C)CO)C(=O)[C@@H]2[C@@H](C(=O)O)[C@H]3CC(C)C12S3)C(C)(C)C. The lowest BCUT2D eigenvalue weighted by molar-refractivity contribution is -0.150. The van der Waals surface area contributed by atoms with E-state index in [0.29, 0.717) is 13.0 Å². The number of aliphatic hydroxyl groups is 1. The molecule has 3 aliphatic heterocycles. The minimum Gasteiger partial charge on any atom is -0.481 e. The Kier molecular flexibility index (Phi) is 5.58. The van der Waals surface area contributed by atoms with Crippen LogP contribution >= 0.6 is 11.8 Å². The molecule has 1 spiro atoms. The van der Waals surface area contributed by atoms with Gasteiger partial charge in [-0.15, -0.1) is 18.3 Å². The Hall–Kier alpha value is -1.54. The third-order valence-electron chi connectivity index (χ3n) is 6.83. The number of amides is 2. The van der Waals surface area contributed by atoms with Crippen molar-refractivity contribution in [2.24, 2.45) is 17.8 Å². The minimum atomic E-state index is -0.974. The zero-order chi connectivity index (χ0) is 21.9. The smallest absolute Gasteiger partial charge is 0.308 e. The lowest BCUT2D eigenvalue weighted by Gasteiger charge is -2.44. The first kappa shape index (κ1) is 22.2. The summed E-state index contributed by atoms with van der Waals surface area (Å²) >= 11 is 1.51. The summed E-state index contributed by atoms with van der Waals surface area (Å²) in [6, 6.07) is -1.36. The number of carbonyl (C=O) groups excluding carboxylic acids is 2. The molecule has 0 radical (unpaired) electrons. The van der Waals surface area contributed by atoms with E-state index in [1.807, 2.05) is 27.7 Å². The molecule has 8 heteroatoms. The summed E-state index contributed by atoms with van der Waals surface area (Å²) < 4.78 is -0.782. The lowest BCUT2D eigenvalue weighted by Crippen LogP contribution is -2.61. The molecule has 7 atom stereocenters. The molecule has 0 aromatic carbocycles. The largest absolute Gasteiger partial charge is 0.481 e. The highest BCUT2D eigenvalue weighted by molar-refractivity contribution is 8.02. The molecule has 0 saturated carbocycles. The van der Waals surface area contributed by atoms with E-state index in [1.54, 1.807) is 17.9 Å². The highest BCUT2D eigenvalue weighted by Gasteiger charge is 2.76. The monoisotopic (exact) mass is 424 g/mol. The van der Waals surface area contributed by atoms with Gasteiger partial charge in [0.1, 0.15) is 6.04 Å². The van der Waals surface area contributed by atoms with Gasteiger partial charge >= 0.3 is 5.97 Å². The van der Waals surface area contributed by atoms with Gasteiger partial charge in [0.25, 0.3) is 0 Å². The number of carboxylic acid groups (broad SMARTS) is 1. The van der Waals surface area contributed by atoms with E-state index in [9.17, 15) is 24.6 Å². The van der Waals surface area contributed by atoms with Gasteiger partial charge < -0.3 is 20.0 Å². The van der Waals surface area contributed by atoms with Gasteiger partial charge in [0.15, 0.2) is 0 Å². The molecule has 2 amide bonds. The summed E-state index contributed by atoms with van der Waals surface area (Å²) in [4.78, 5) is 42.7. The van der Waals surface area contributed by atoms with Crippen molar-refractivity contribution in [1.82, 2.24) is 9.80 Å². The topological polar surface area (TPSA) is 98.2 Å². The maximum Gasteiger partial charge on any atom is 0.308 e. The van der Waals surface area contributed by atoms with Crippen molar-refractivity contribution in [1.29, 1.82) is 0 Å². The summed E-state index contributed by atoms with van der Waals surface area (Å²) in [5.41, 5.74) is -0.492. The predicted octanol–water partition coefficient (Wildman–Crippen LogP) is 1.60. The van der Waals surface area contributed by atoms with E-state index >= 15 is 0 Å². The molecular formula is C21H32N2O5S. The van der Waals surface area contributed by atoms with Crippen molar-refractivity contribution in [3.8, 4) is 0 Å². The van der Waals surface area contributed by atoms with Crippen LogP contribution in [0.25, 0.3) is 0 Å². The van der Waals surface area contributed by atoms with Crippen LogP contribution in [0.4, 0.5) is 0 Å². The Morgan fingerprint density at radius 1 is 1.45 bits per heavy atom. The van der Waals surface area contributed by atoms with Gasteiger partial charge in [-0.25, -0.2) is 0 Å². The number of fused-ring (bicyclic) bond motifs is 1. The highest BCUT2D eigenvalue weighted by Crippen LogP contribution is 2.68. The lowest BCUT2D eigenvalue weighted by atomic mass is 9.66. The van der Waals surface area contributed by atoms with Crippen molar-refractivity contribution in [2.45, 2.75) is 68.7 Å². The summed E-state index contributed by atoms with van der Waals surface area (Å²) in [6.07, 6.45) is 2.34. The second kappa shape index (κ2) is 7.30. The van der Waals surface area contributed by atoms with Crippen molar-refractivity contribution < 1.29 is 24.6 Å². The standard InChI is InChI=1S/C21H32N2O5S/c1-7-8-22(20(4,5)6)18(26)16-21-11(2)9-13(29-21)14(19(27)28)15(21)17(25)23(16)12(3)10-24/h7,11-16,24H,1,8-10H2,2-6H3,(H,27,28)/t11?,12-,13-,14+,15+,16?,21?/m1/s1. The molecule has 3 fully saturated rings. The first-order valence-electron chi connectivity index (χ1n) is 10.2. The number of rotatable bonds is 6. The molecule has 2 N–H and O–H groups in total. The van der Waals surface area contributed by atoms with Crippen LogP contribution in [0.1, 0.15) is 41.0 Å². The third-order valence-corrected chi connectivity index (χ3v) is 8.91. The third kappa shape index (κ3) is 3.02. The molecule has 162 valence electrons. The van der Waals surface area contributed by atoms with Crippen LogP contribution in [0.3, 0.4) is 0 Å². The molecule has 3 unspecified atom stereocenters. The Balaban J connectivity index is 2.16. The first-order valence-corrected chi connectivity index (χ1v) is 11.1. The Morgan fingerprint density at radius 2 is 2.07 bits per heavy atom. The number of thioether (sulfide) groups is 1. The number of hydrogen-bond acceptors (Lipinski definition) is 5. The average Bonchev–Trinajstić information content (AvgIpc) is 3.21. The number of aliphatic hydroxyl groups excluding tert-OH is 1. The Bertz CT molecular complexity index is 735. The fourth-order valence-corrected chi connectivity index (χ4v) is 7.95. The quantitative estimate of drug-likeness (QED) is 0.629. The van der Waals surface area contributed by atoms with Crippen LogP contribution < -0.4 is 0 Å². The second-order valence-electron chi connectivity index (χ2n) is 9.58. The van der Waals surface area contributed by atoms with Crippen LogP contribution in [0, 0.1) is 17.8 Å². The molecule has 2 bridgehead atoms. The molecule has 3 rings (SSSR count). The molecule has 0 aromatic rings. The molecule has 3 aliphatic rings. The minimum absolute atomic E-state index is 0.0254. The van der Waals surface area contributed by atoms with Gasteiger partial charge in [-0.2, -0.15) is 0 Å². The van der Waals surface area contributed by atoms with Crippen molar-refractivity contribution >= 4 is 29.5 Å². The van der Waals surface area contributed by atoms with Gasteiger partial charge in [-0.1, -0.05) is 13.0 Å². The summed E-state index contributed by atoms with van der Waals surface area (Å²) in [7, 11) is 0. The Labute approximate surface area is 176 Å². The van der Waals surface area contributed by atoms with Crippen LogP contribution in [0.15, 0.2) is 12.7 Å². The first-order chi connectivity index (χ1) is 13.4. The average molecular weight is 425 g/mol. The molecule has 3 saturated heterocycles. The van der Waals surface area contributed by atoms with E-state index in [1.165, 1.54) is 16.7 Å². The van der Waals surface area contributed by atoms with Crippen LogP contribution in [-0.4, -0.2) is 78.6 Å². The van der Waals surface area contributed by atoms with E-state index in [-0.39, 0.29) is 29.6 Å². The van der Waals surface area contributed by atoms with Gasteiger partial charge in [0.2, 0.25) is 11.8 Å². The summed E-state index contributed by atoms with van der Waals surface area (Å²) in [6.45, 7) is 13.4. The zero-order valence-electron chi connectivity index (χ0n) is 17.8. The number of likely N-dealkylation sites (tertiary alicyclic amines) is 1. The van der Waals surface area contributed by atoms with Gasteiger partial charge in [0.05, 0.1) is 29.2 Å². The van der Waals surface area contributed by atoms with E-state index in [0.717, 1.165) is 0 Å². The predicted molar refractivity (Wildman–Crippen MR) is 111 cm³/mol. The zero-order valence-corrected chi connectivity index (χ0v) is 18.6. The fraction of sp³-hybridized carbons (Fsp3) is 0.762. The van der Waals surface area contributed by atoms with Crippen molar-refractivity contribution in [3.05, 3.63) is 12.7 Å². The van der Waals surface area contributed by atoms with E-state index < -0.39 is 40.2 Å². The number of carboxylic acids is 1. The van der Waals surface area contributed by atoms with Crippen molar-refractivity contribution in [3.63, 3.8) is 0 Å². The Morgan fingerprint density at radius 3 is 2.55 bits per heavy atom. The number of hydrogen-bond donors (Lipinski definition) is 2. The number of carbonyl (C=O) groups is 3. The molecule has 0 aliphatic carbocycles. The fourth-order valence-electron chi connectivity index (χ4n) is 5.55. The van der Waals surface area contributed by atoms with E-state index in [2.05, 4.69) is 6.58 Å². The molecule has 29 heavy (non-hydrogen) atoms. The molecule has 3 heterocycles. The molecule has 7 nitrogen and oxygen atoms in total. The summed E-state index contributed by atoms with van der Waals surface area (Å²) in [5.74, 6) is -2.99. The van der Waals surface area contributed by atoms with Crippen LogP contribution in [0.5, 0.6) is 0 Å². The highest BCUT2D eigenvalue weighted by atomic mass is 32.2. The second-order valence-corrected chi connectivity index (χ2v) is 11.1. The maximum absolute atomic E-state index is 13.9. The normalized spacial score (nSPS) is 36.8. The number of aliphatic carboxylic acids is 1. The van der Waals surface area contributed by atoms with Crippen molar-refractivity contribution in [2.75, 3.05) is 13.2 Å². The summed E-state index contributed by atoms with van der Waals surface area (Å²) in [5, 5.41) is 19.5. The van der Waals surface area contributed by atoms with Crippen LogP contribution in [-0.2, 0) is 14.4 Å². The maximum atomic E-state index is 13.9. The van der Waals surface area contributed by atoms with E-state index in [4.69, 9.17) is 0 Å². The molecule has 0 aromatic heterocycles. The number of nitrogens with zero attached hydrogens (tertiary/aromatic N) is 2. The molecular weight excluding hydrogens is 392 g/mol. The van der Waals surface area contributed by atoms with Gasteiger partial charge in [0, 0.05) is 17.3 Å². The van der Waals surface area contributed by atoms with Gasteiger partial charge in [-0.05, 0) is 40.0 Å². The van der Waals surface area contributed by atoms with Gasteiger partial charge in [-0.3, -0.25) is 14.4 Å².